The van der Waals surface area contributed by atoms with Crippen molar-refractivity contribution in [3.63, 3.8) is 0 Å². The van der Waals surface area contributed by atoms with Crippen LogP contribution in [-0.2, 0) is 16.1 Å². The van der Waals surface area contributed by atoms with Crippen LogP contribution in [0.1, 0.15) is 5.56 Å². The molecule has 2 aromatic carbocycles. The van der Waals surface area contributed by atoms with Crippen LogP contribution in [0.25, 0.3) is 10.8 Å². The minimum atomic E-state index is -0.621. The molecule has 0 radical (unpaired) electrons. The van der Waals surface area contributed by atoms with Crippen molar-refractivity contribution in [2.75, 3.05) is 25.5 Å². The summed E-state index contributed by atoms with van der Waals surface area (Å²) in [5.41, 5.74) is 0.903. The zero-order chi connectivity index (χ0) is 21.2. The van der Waals surface area contributed by atoms with Crippen molar-refractivity contribution in [3.05, 3.63) is 72.4 Å². The third-order valence-electron chi connectivity index (χ3n) is 4.39. The molecule has 0 aliphatic rings. The van der Waals surface area contributed by atoms with Crippen molar-refractivity contribution in [2.45, 2.75) is 12.6 Å². The highest BCUT2D eigenvalue weighted by Gasteiger charge is 2.13. The Morgan fingerprint density at radius 2 is 1.70 bits per heavy atom. The number of fused-ring (bicyclic) bond motifs is 1. The molecular formula is C22H24N4O4. The fraction of sp³-hybridized carbons (Fsp3) is 0.227. The highest BCUT2D eigenvalue weighted by Crippen LogP contribution is 2.16. The molecule has 0 bridgehead atoms. The number of amides is 2. The van der Waals surface area contributed by atoms with Crippen molar-refractivity contribution in [3.8, 4) is 0 Å². The maximum absolute atomic E-state index is 12.1. The average Bonchev–Trinajstić information content (AvgIpc) is 2.78. The van der Waals surface area contributed by atoms with Crippen LogP contribution in [0.5, 0.6) is 0 Å². The normalized spacial score (nSPS) is 11.5. The molecule has 0 fully saturated rings. The van der Waals surface area contributed by atoms with E-state index >= 15 is 0 Å². The van der Waals surface area contributed by atoms with E-state index in [-0.39, 0.29) is 25.8 Å². The van der Waals surface area contributed by atoms with Crippen molar-refractivity contribution in [1.82, 2.24) is 15.6 Å². The number of nitrogens with zero attached hydrogens (tertiary/aromatic N) is 1. The summed E-state index contributed by atoms with van der Waals surface area (Å²) in [5.74, 6) is 0.405. The molecular weight excluding hydrogens is 384 g/mol. The summed E-state index contributed by atoms with van der Waals surface area (Å²) in [6.07, 6.45) is 0.528. The highest BCUT2D eigenvalue weighted by atomic mass is 16.6. The van der Waals surface area contributed by atoms with E-state index in [1.807, 2.05) is 54.6 Å². The molecule has 2 amide bonds. The van der Waals surface area contributed by atoms with Gasteiger partial charge in [0, 0.05) is 18.1 Å². The van der Waals surface area contributed by atoms with Gasteiger partial charge in [0.2, 0.25) is 0 Å². The zero-order valence-corrected chi connectivity index (χ0v) is 16.6. The number of carbonyl (C=O) groups excluding carboxylic acids is 2. The molecule has 0 aliphatic carbocycles. The molecule has 156 valence electrons. The number of ether oxygens (including phenoxy) is 2. The predicted octanol–water partition coefficient (Wildman–Crippen LogP) is 3.30. The highest BCUT2D eigenvalue weighted by molar-refractivity contribution is 5.89. The number of hydrogen-bond acceptors (Lipinski definition) is 6. The van der Waals surface area contributed by atoms with Crippen LogP contribution in [0.4, 0.5) is 15.4 Å². The number of benzene rings is 2. The lowest BCUT2D eigenvalue weighted by Gasteiger charge is -2.17. The number of rotatable bonds is 8. The molecule has 30 heavy (non-hydrogen) atoms. The third-order valence-corrected chi connectivity index (χ3v) is 4.39. The topological polar surface area (TPSA) is 102 Å². The monoisotopic (exact) mass is 408 g/mol. The summed E-state index contributed by atoms with van der Waals surface area (Å²) in [7, 11) is 1.72. The van der Waals surface area contributed by atoms with Gasteiger partial charge in [-0.25, -0.2) is 14.6 Å². The SMILES string of the molecule is CNC(CNC(=O)OCc1ccccc1)COC(=O)Nc1cc2ccccc2cn1. The number of alkyl carbamates (subject to hydrolysis) is 1. The van der Waals surface area contributed by atoms with Gasteiger partial charge in [0.15, 0.2) is 0 Å². The summed E-state index contributed by atoms with van der Waals surface area (Å²) >= 11 is 0. The molecule has 1 atom stereocenters. The van der Waals surface area contributed by atoms with Crippen molar-refractivity contribution in [2.24, 2.45) is 0 Å². The molecule has 1 heterocycles. The first-order valence-corrected chi connectivity index (χ1v) is 9.54. The van der Waals surface area contributed by atoms with Gasteiger partial charge in [-0.15, -0.1) is 0 Å². The second-order valence-corrected chi connectivity index (χ2v) is 6.57. The molecule has 3 N–H and O–H groups in total. The van der Waals surface area contributed by atoms with Gasteiger partial charge in [0.1, 0.15) is 19.0 Å². The first kappa shape index (κ1) is 21.1. The Labute approximate surface area is 174 Å². The van der Waals surface area contributed by atoms with E-state index in [4.69, 9.17) is 9.47 Å². The second-order valence-electron chi connectivity index (χ2n) is 6.57. The Balaban J connectivity index is 1.39. The van der Waals surface area contributed by atoms with E-state index in [2.05, 4.69) is 20.9 Å². The molecule has 0 spiro atoms. The molecule has 1 aromatic heterocycles. The fourth-order valence-corrected chi connectivity index (χ4v) is 2.69. The largest absolute Gasteiger partial charge is 0.448 e. The van der Waals surface area contributed by atoms with Crippen molar-refractivity contribution < 1.29 is 19.1 Å². The summed E-state index contributed by atoms with van der Waals surface area (Å²) < 4.78 is 10.4. The molecule has 0 saturated heterocycles. The molecule has 3 rings (SSSR count). The van der Waals surface area contributed by atoms with E-state index in [9.17, 15) is 9.59 Å². The van der Waals surface area contributed by atoms with Crippen LogP contribution in [0.2, 0.25) is 0 Å². The van der Waals surface area contributed by atoms with Gasteiger partial charge < -0.3 is 20.1 Å². The van der Waals surface area contributed by atoms with Crippen LogP contribution < -0.4 is 16.0 Å². The van der Waals surface area contributed by atoms with Gasteiger partial charge in [0.25, 0.3) is 0 Å². The number of hydrogen-bond donors (Lipinski definition) is 3. The lowest BCUT2D eigenvalue weighted by atomic mass is 10.2. The number of anilines is 1. The van der Waals surface area contributed by atoms with Gasteiger partial charge in [-0.05, 0) is 24.1 Å². The fourth-order valence-electron chi connectivity index (χ4n) is 2.69. The Bertz CT molecular complexity index is 981. The maximum atomic E-state index is 12.1. The molecule has 0 saturated carbocycles. The Morgan fingerprint density at radius 1 is 0.967 bits per heavy atom. The standard InChI is InChI=1S/C22H24N4O4/c1-23-19(13-25-21(27)29-14-16-7-3-2-4-8-16)15-30-22(28)26-20-11-17-9-5-6-10-18(17)12-24-20/h2-12,19,23H,13-15H2,1H3,(H,25,27)(H,24,26,28). The van der Waals surface area contributed by atoms with E-state index in [1.54, 1.807) is 19.3 Å². The number of carbonyl (C=O) groups is 2. The predicted molar refractivity (Wildman–Crippen MR) is 114 cm³/mol. The van der Waals surface area contributed by atoms with Crippen molar-refractivity contribution in [1.29, 1.82) is 0 Å². The van der Waals surface area contributed by atoms with Gasteiger partial charge in [0.05, 0.1) is 6.04 Å². The molecule has 3 aromatic rings. The first-order chi connectivity index (χ1) is 14.6. The van der Waals surface area contributed by atoms with Gasteiger partial charge in [-0.1, -0.05) is 54.6 Å². The zero-order valence-electron chi connectivity index (χ0n) is 16.6. The average molecular weight is 408 g/mol. The number of likely N-dealkylation sites (N-methyl/N-ethyl adjacent to an activating group) is 1. The van der Waals surface area contributed by atoms with Gasteiger partial charge in [-0.2, -0.15) is 0 Å². The third kappa shape index (κ3) is 6.46. The minimum Gasteiger partial charge on any atom is -0.448 e. The second kappa shape index (κ2) is 10.8. The van der Waals surface area contributed by atoms with E-state index in [0.717, 1.165) is 16.3 Å². The summed E-state index contributed by atoms with van der Waals surface area (Å²) in [6.45, 7) is 0.495. The number of aromatic nitrogens is 1. The lowest BCUT2D eigenvalue weighted by molar-refractivity contribution is 0.132. The van der Waals surface area contributed by atoms with Gasteiger partial charge >= 0.3 is 12.2 Å². The van der Waals surface area contributed by atoms with E-state index < -0.39 is 12.2 Å². The van der Waals surface area contributed by atoms with Crippen LogP contribution in [0.3, 0.4) is 0 Å². The lowest BCUT2D eigenvalue weighted by Crippen LogP contribution is -2.43. The molecule has 8 heteroatoms. The minimum absolute atomic E-state index is 0.0644. The Kier molecular flexibility index (Phi) is 7.57. The van der Waals surface area contributed by atoms with E-state index in [1.165, 1.54) is 0 Å². The smallest absolute Gasteiger partial charge is 0.412 e. The van der Waals surface area contributed by atoms with Crippen LogP contribution in [-0.4, -0.2) is 43.4 Å². The summed E-state index contributed by atoms with van der Waals surface area (Å²) in [4.78, 5) is 28.1. The molecule has 1 unspecified atom stereocenters. The van der Waals surface area contributed by atoms with E-state index in [0.29, 0.717) is 5.82 Å². The number of nitrogens with one attached hydrogen (secondary N) is 3. The Morgan fingerprint density at radius 3 is 2.47 bits per heavy atom. The maximum Gasteiger partial charge on any atom is 0.412 e. The molecule has 8 nitrogen and oxygen atoms in total. The quantitative estimate of drug-likeness (QED) is 0.529. The van der Waals surface area contributed by atoms with Crippen molar-refractivity contribution >= 4 is 28.8 Å². The van der Waals surface area contributed by atoms with Crippen LogP contribution in [0.15, 0.2) is 66.9 Å². The molecule has 0 aliphatic heterocycles. The first-order valence-electron chi connectivity index (χ1n) is 9.54. The summed E-state index contributed by atoms with van der Waals surface area (Å²) in [5, 5.41) is 10.2. The Hall–Kier alpha value is -3.65. The van der Waals surface area contributed by atoms with Crippen LogP contribution in [0, 0.1) is 0 Å². The summed E-state index contributed by atoms with van der Waals surface area (Å²) in [6, 6.07) is 18.6. The number of pyridine rings is 1. The van der Waals surface area contributed by atoms with Crippen LogP contribution >= 0.6 is 0 Å². The van der Waals surface area contributed by atoms with Gasteiger partial charge in [-0.3, -0.25) is 5.32 Å².